The van der Waals surface area contributed by atoms with E-state index in [0.717, 1.165) is 33.1 Å². The SMILES string of the molecule is Cc1c(Cl)cccc1NC(=O)N1Cc2ccccc2-n2cccc2[C@H]1c1cccs1. The van der Waals surface area contributed by atoms with Crippen LogP contribution in [0.15, 0.2) is 78.3 Å². The maximum absolute atomic E-state index is 13.6. The third kappa shape index (κ3) is 3.20. The van der Waals surface area contributed by atoms with Crippen LogP contribution in [0.2, 0.25) is 5.02 Å². The Kier molecular flexibility index (Phi) is 4.85. The van der Waals surface area contributed by atoms with Crippen LogP contribution in [0.1, 0.15) is 27.7 Å². The standard InChI is InChI=1S/C24H20ClN3OS/c1-16-18(25)8-4-9-19(16)26-24(29)28-15-17-7-2-3-10-20(17)27-13-5-11-21(27)23(28)22-12-6-14-30-22/h2-14,23H,15H2,1H3,(H,26,29)/t23-/m0/s1. The van der Waals surface area contributed by atoms with Gasteiger partial charge in [-0.2, -0.15) is 0 Å². The second-order valence-electron chi connectivity index (χ2n) is 7.32. The van der Waals surface area contributed by atoms with E-state index in [1.165, 1.54) is 0 Å². The molecule has 30 heavy (non-hydrogen) atoms. The van der Waals surface area contributed by atoms with Crippen molar-refractivity contribution >= 4 is 34.7 Å². The van der Waals surface area contributed by atoms with E-state index in [-0.39, 0.29) is 12.1 Å². The predicted molar refractivity (Wildman–Crippen MR) is 123 cm³/mol. The number of fused-ring (bicyclic) bond motifs is 3. The molecule has 2 aromatic carbocycles. The highest BCUT2D eigenvalue weighted by Crippen LogP contribution is 2.38. The van der Waals surface area contributed by atoms with E-state index in [1.54, 1.807) is 11.3 Å². The summed E-state index contributed by atoms with van der Waals surface area (Å²) in [7, 11) is 0. The molecule has 1 aliphatic rings. The van der Waals surface area contributed by atoms with Gasteiger partial charge in [0, 0.05) is 21.8 Å². The van der Waals surface area contributed by atoms with Crippen LogP contribution in [0.5, 0.6) is 0 Å². The Morgan fingerprint density at radius 2 is 1.93 bits per heavy atom. The van der Waals surface area contributed by atoms with Gasteiger partial charge in [0.2, 0.25) is 0 Å². The van der Waals surface area contributed by atoms with Crippen LogP contribution in [0.4, 0.5) is 10.5 Å². The van der Waals surface area contributed by atoms with Crippen molar-refractivity contribution in [2.24, 2.45) is 0 Å². The number of rotatable bonds is 2. The molecule has 6 heteroatoms. The molecule has 0 unspecified atom stereocenters. The predicted octanol–water partition coefficient (Wildman–Crippen LogP) is 6.64. The minimum atomic E-state index is -0.188. The van der Waals surface area contributed by atoms with Gasteiger partial charge in [0.15, 0.2) is 0 Å². The molecule has 0 aliphatic carbocycles. The van der Waals surface area contributed by atoms with Crippen molar-refractivity contribution in [2.45, 2.75) is 19.5 Å². The first-order valence-electron chi connectivity index (χ1n) is 9.75. The Morgan fingerprint density at radius 3 is 2.77 bits per heavy atom. The number of urea groups is 1. The van der Waals surface area contributed by atoms with Crippen LogP contribution >= 0.6 is 22.9 Å². The summed E-state index contributed by atoms with van der Waals surface area (Å²) in [4.78, 5) is 16.6. The van der Waals surface area contributed by atoms with Crippen LogP contribution in [0, 0.1) is 6.92 Å². The summed E-state index contributed by atoms with van der Waals surface area (Å²) in [5, 5.41) is 5.78. The maximum atomic E-state index is 13.6. The molecule has 0 saturated carbocycles. The summed E-state index contributed by atoms with van der Waals surface area (Å²) in [5.41, 5.74) is 4.87. The number of para-hydroxylation sites is 1. The molecule has 1 aliphatic heterocycles. The molecule has 1 atom stereocenters. The summed E-state index contributed by atoms with van der Waals surface area (Å²) >= 11 is 7.93. The van der Waals surface area contributed by atoms with Gasteiger partial charge in [0.1, 0.15) is 6.04 Å². The summed E-state index contributed by atoms with van der Waals surface area (Å²) in [6, 6.07) is 21.7. The van der Waals surface area contributed by atoms with Gasteiger partial charge in [-0.3, -0.25) is 0 Å². The molecule has 4 aromatic rings. The number of carbonyl (C=O) groups excluding carboxylic acids is 1. The number of aromatic nitrogens is 1. The zero-order chi connectivity index (χ0) is 20.7. The maximum Gasteiger partial charge on any atom is 0.323 e. The molecule has 5 rings (SSSR count). The first kappa shape index (κ1) is 19.0. The normalized spacial score (nSPS) is 15.3. The van der Waals surface area contributed by atoms with Crippen LogP contribution in [-0.2, 0) is 6.54 Å². The van der Waals surface area contributed by atoms with Crippen molar-refractivity contribution < 1.29 is 4.79 Å². The fourth-order valence-corrected chi connectivity index (χ4v) is 5.04. The number of amides is 2. The Morgan fingerprint density at radius 1 is 1.07 bits per heavy atom. The molecule has 1 N–H and O–H groups in total. The Labute approximate surface area is 184 Å². The van der Waals surface area contributed by atoms with E-state index in [9.17, 15) is 4.79 Å². The van der Waals surface area contributed by atoms with Crippen molar-refractivity contribution in [2.75, 3.05) is 5.32 Å². The lowest BCUT2D eigenvalue weighted by Crippen LogP contribution is -2.37. The molecule has 0 spiro atoms. The molecule has 2 aromatic heterocycles. The number of halogens is 1. The summed E-state index contributed by atoms with van der Waals surface area (Å²) < 4.78 is 2.19. The van der Waals surface area contributed by atoms with E-state index in [2.05, 4.69) is 45.7 Å². The minimum absolute atomic E-state index is 0.150. The summed E-state index contributed by atoms with van der Waals surface area (Å²) in [6.07, 6.45) is 2.07. The van der Waals surface area contributed by atoms with Gasteiger partial charge in [-0.25, -0.2) is 4.79 Å². The zero-order valence-electron chi connectivity index (χ0n) is 16.4. The van der Waals surface area contributed by atoms with E-state index >= 15 is 0 Å². The monoisotopic (exact) mass is 433 g/mol. The van der Waals surface area contributed by atoms with Crippen LogP contribution in [-0.4, -0.2) is 15.5 Å². The lowest BCUT2D eigenvalue weighted by molar-refractivity contribution is 0.195. The molecule has 2 amide bonds. The Balaban J connectivity index is 1.62. The van der Waals surface area contributed by atoms with Crippen LogP contribution in [0.3, 0.4) is 0 Å². The van der Waals surface area contributed by atoms with Crippen molar-refractivity contribution in [1.29, 1.82) is 0 Å². The number of nitrogens with one attached hydrogen (secondary N) is 1. The van der Waals surface area contributed by atoms with Gasteiger partial charge < -0.3 is 14.8 Å². The van der Waals surface area contributed by atoms with Gasteiger partial charge in [0.25, 0.3) is 0 Å². The Bertz CT molecular complexity index is 1210. The van der Waals surface area contributed by atoms with Crippen molar-refractivity contribution in [1.82, 2.24) is 9.47 Å². The second-order valence-corrected chi connectivity index (χ2v) is 8.71. The molecule has 0 fully saturated rings. The third-order valence-electron chi connectivity index (χ3n) is 5.55. The number of anilines is 1. The molecular weight excluding hydrogens is 414 g/mol. The van der Waals surface area contributed by atoms with Crippen molar-refractivity contribution in [3.63, 3.8) is 0 Å². The van der Waals surface area contributed by atoms with Crippen molar-refractivity contribution in [3.8, 4) is 5.69 Å². The molecule has 3 heterocycles. The fraction of sp³-hybridized carbons (Fsp3) is 0.125. The quantitative estimate of drug-likeness (QED) is 0.378. The lowest BCUT2D eigenvalue weighted by Gasteiger charge is -2.30. The van der Waals surface area contributed by atoms with E-state index in [1.807, 2.05) is 54.3 Å². The smallest absolute Gasteiger partial charge is 0.318 e. The van der Waals surface area contributed by atoms with Crippen LogP contribution < -0.4 is 5.32 Å². The van der Waals surface area contributed by atoms with E-state index < -0.39 is 0 Å². The molecular formula is C24H20ClN3OS. The molecule has 4 nitrogen and oxygen atoms in total. The summed E-state index contributed by atoms with van der Waals surface area (Å²) in [5.74, 6) is 0. The number of nitrogens with zero attached hydrogens (tertiary/aromatic N) is 2. The highest BCUT2D eigenvalue weighted by atomic mass is 35.5. The van der Waals surface area contributed by atoms with Gasteiger partial charge >= 0.3 is 6.03 Å². The average Bonchev–Trinajstić information content (AvgIpc) is 3.42. The average molecular weight is 434 g/mol. The highest BCUT2D eigenvalue weighted by Gasteiger charge is 2.33. The molecule has 0 radical (unpaired) electrons. The fourth-order valence-electron chi connectivity index (χ4n) is 4.02. The number of hydrogen-bond donors (Lipinski definition) is 1. The van der Waals surface area contributed by atoms with E-state index in [4.69, 9.17) is 11.6 Å². The first-order chi connectivity index (χ1) is 14.6. The lowest BCUT2D eigenvalue weighted by atomic mass is 10.1. The summed E-state index contributed by atoms with van der Waals surface area (Å²) in [6.45, 7) is 2.42. The van der Waals surface area contributed by atoms with Gasteiger partial charge in [-0.1, -0.05) is 41.9 Å². The topological polar surface area (TPSA) is 37.3 Å². The number of benzene rings is 2. The Hall–Kier alpha value is -3.02. The number of carbonyl (C=O) groups is 1. The van der Waals surface area contributed by atoms with Gasteiger partial charge in [0.05, 0.1) is 17.9 Å². The van der Waals surface area contributed by atoms with Crippen molar-refractivity contribution in [3.05, 3.63) is 105 Å². The second kappa shape index (κ2) is 7.67. The third-order valence-corrected chi connectivity index (χ3v) is 6.88. The molecule has 150 valence electrons. The highest BCUT2D eigenvalue weighted by molar-refractivity contribution is 7.10. The number of thiophene rings is 1. The molecule has 0 bridgehead atoms. The largest absolute Gasteiger partial charge is 0.323 e. The zero-order valence-corrected chi connectivity index (χ0v) is 18.0. The first-order valence-corrected chi connectivity index (χ1v) is 11.0. The van der Waals surface area contributed by atoms with E-state index in [0.29, 0.717) is 11.6 Å². The van der Waals surface area contributed by atoms with Gasteiger partial charge in [-0.15, -0.1) is 11.3 Å². The van der Waals surface area contributed by atoms with Crippen LogP contribution in [0.25, 0.3) is 5.69 Å². The minimum Gasteiger partial charge on any atom is -0.318 e. The van der Waals surface area contributed by atoms with Gasteiger partial charge in [-0.05, 0) is 59.8 Å². The molecule has 0 saturated heterocycles. The number of hydrogen-bond acceptors (Lipinski definition) is 2.